The summed E-state index contributed by atoms with van der Waals surface area (Å²) in [7, 11) is 0. The molecule has 0 spiro atoms. The minimum atomic E-state index is -4.88. The molecule has 0 fully saturated rings. The number of rotatable bonds is 2. The molecule has 0 atom stereocenters. The zero-order valence-electron chi connectivity index (χ0n) is 8.78. The molecule has 3 nitrogen and oxygen atoms in total. The highest BCUT2D eigenvalue weighted by molar-refractivity contribution is 5.77. The van der Waals surface area contributed by atoms with Crippen LogP contribution >= 0.6 is 0 Å². The van der Waals surface area contributed by atoms with Gasteiger partial charge in [-0.25, -0.2) is 4.68 Å². The van der Waals surface area contributed by atoms with Gasteiger partial charge in [0.05, 0.1) is 5.69 Å². The number of benzene rings is 1. The molecule has 1 aromatic heterocycles. The zero-order valence-corrected chi connectivity index (χ0v) is 8.78. The summed E-state index contributed by atoms with van der Waals surface area (Å²) >= 11 is 0. The Hall–Kier alpha value is -2.18. The van der Waals surface area contributed by atoms with E-state index in [1.807, 2.05) is 0 Å². The maximum atomic E-state index is 13.7. The number of nitrogens with zero attached hydrogens (tertiary/aromatic N) is 2. The van der Waals surface area contributed by atoms with Gasteiger partial charge < -0.3 is 0 Å². The molecule has 7 heteroatoms. The quantitative estimate of drug-likeness (QED) is 0.613. The summed E-state index contributed by atoms with van der Waals surface area (Å²) in [4.78, 5) is 10.5. The summed E-state index contributed by atoms with van der Waals surface area (Å²) in [5.41, 5.74) is -2.51. The van der Waals surface area contributed by atoms with Gasteiger partial charge >= 0.3 is 6.18 Å². The van der Waals surface area contributed by atoms with E-state index in [0.717, 1.165) is 0 Å². The van der Waals surface area contributed by atoms with Crippen LogP contribution in [0.2, 0.25) is 0 Å². The fourth-order valence-electron chi connectivity index (χ4n) is 1.46. The first-order valence-electron chi connectivity index (χ1n) is 4.81. The van der Waals surface area contributed by atoms with Crippen LogP contribution in [0.15, 0.2) is 30.3 Å². The van der Waals surface area contributed by atoms with Crippen LogP contribution in [0.1, 0.15) is 16.1 Å². The molecule has 0 aliphatic carbocycles. The largest absolute Gasteiger partial charge is 0.436 e. The van der Waals surface area contributed by atoms with Crippen LogP contribution in [0.25, 0.3) is 5.69 Å². The highest BCUT2D eigenvalue weighted by Crippen LogP contribution is 2.32. The molecule has 0 bridgehead atoms. The SMILES string of the molecule is O=Cc1c(C(F)(F)F)nn(-c2ccccc2)c1F. The lowest BCUT2D eigenvalue weighted by molar-refractivity contribution is -0.141. The summed E-state index contributed by atoms with van der Waals surface area (Å²) in [5, 5.41) is 3.11. The first-order valence-corrected chi connectivity index (χ1v) is 4.81. The van der Waals surface area contributed by atoms with E-state index >= 15 is 0 Å². The number of para-hydroxylation sites is 1. The molecular formula is C11H6F4N2O. The van der Waals surface area contributed by atoms with E-state index in [-0.39, 0.29) is 12.0 Å². The molecule has 0 aliphatic heterocycles. The van der Waals surface area contributed by atoms with Crippen molar-refractivity contribution in [3.63, 3.8) is 0 Å². The Morgan fingerprint density at radius 1 is 1.17 bits per heavy atom. The molecule has 1 heterocycles. The van der Waals surface area contributed by atoms with E-state index in [4.69, 9.17) is 0 Å². The molecule has 0 aliphatic rings. The first kappa shape index (κ1) is 12.3. The molecule has 94 valence electrons. The molecule has 0 saturated heterocycles. The van der Waals surface area contributed by atoms with Crippen molar-refractivity contribution < 1.29 is 22.4 Å². The van der Waals surface area contributed by atoms with E-state index in [2.05, 4.69) is 5.10 Å². The van der Waals surface area contributed by atoms with Crippen molar-refractivity contribution in [1.82, 2.24) is 9.78 Å². The number of hydrogen-bond acceptors (Lipinski definition) is 2. The van der Waals surface area contributed by atoms with Gasteiger partial charge in [0.25, 0.3) is 0 Å². The summed E-state index contributed by atoms with van der Waals surface area (Å²) in [6, 6.07) is 7.42. The zero-order chi connectivity index (χ0) is 13.3. The van der Waals surface area contributed by atoms with Crippen LogP contribution in [0.5, 0.6) is 0 Å². The number of carbonyl (C=O) groups is 1. The molecule has 0 N–H and O–H groups in total. The van der Waals surface area contributed by atoms with Crippen molar-refractivity contribution in [1.29, 1.82) is 0 Å². The van der Waals surface area contributed by atoms with Gasteiger partial charge in [0, 0.05) is 0 Å². The third-order valence-electron chi connectivity index (χ3n) is 2.25. The topological polar surface area (TPSA) is 34.9 Å². The van der Waals surface area contributed by atoms with Crippen LogP contribution in [-0.2, 0) is 6.18 Å². The van der Waals surface area contributed by atoms with Gasteiger partial charge in [0.15, 0.2) is 12.0 Å². The van der Waals surface area contributed by atoms with Gasteiger partial charge in [-0.15, -0.1) is 0 Å². The smallest absolute Gasteiger partial charge is 0.298 e. The first-order chi connectivity index (χ1) is 8.45. The Morgan fingerprint density at radius 2 is 1.78 bits per heavy atom. The Labute approximate surface area is 98.6 Å². The van der Waals surface area contributed by atoms with Crippen molar-refractivity contribution in [2.75, 3.05) is 0 Å². The lowest BCUT2D eigenvalue weighted by Gasteiger charge is -2.02. The number of carbonyl (C=O) groups excluding carboxylic acids is 1. The average Bonchev–Trinajstić information content (AvgIpc) is 2.67. The van der Waals surface area contributed by atoms with Crippen molar-refractivity contribution in [3.8, 4) is 5.69 Å². The number of aldehydes is 1. The van der Waals surface area contributed by atoms with Crippen molar-refractivity contribution in [3.05, 3.63) is 47.5 Å². The normalized spacial score (nSPS) is 11.6. The highest BCUT2D eigenvalue weighted by atomic mass is 19.4. The predicted molar refractivity (Wildman–Crippen MR) is 53.9 cm³/mol. The fourth-order valence-corrected chi connectivity index (χ4v) is 1.46. The van der Waals surface area contributed by atoms with Crippen LogP contribution in [0, 0.1) is 5.95 Å². The van der Waals surface area contributed by atoms with Gasteiger partial charge in [-0.2, -0.15) is 22.7 Å². The lowest BCUT2D eigenvalue weighted by Crippen LogP contribution is -2.09. The molecular weight excluding hydrogens is 252 g/mol. The van der Waals surface area contributed by atoms with Gasteiger partial charge in [-0.05, 0) is 12.1 Å². The minimum Gasteiger partial charge on any atom is -0.298 e. The fraction of sp³-hybridized carbons (Fsp3) is 0.0909. The van der Waals surface area contributed by atoms with E-state index < -0.39 is 23.4 Å². The van der Waals surface area contributed by atoms with Crippen LogP contribution in [0.3, 0.4) is 0 Å². The van der Waals surface area contributed by atoms with Crippen LogP contribution in [-0.4, -0.2) is 16.1 Å². The summed E-state index contributed by atoms with van der Waals surface area (Å²) in [6.45, 7) is 0. The van der Waals surface area contributed by atoms with Gasteiger partial charge in [0.1, 0.15) is 5.56 Å². The molecule has 2 rings (SSSR count). The van der Waals surface area contributed by atoms with Crippen molar-refractivity contribution in [2.24, 2.45) is 0 Å². The highest BCUT2D eigenvalue weighted by Gasteiger charge is 2.39. The third-order valence-corrected chi connectivity index (χ3v) is 2.25. The predicted octanol–water partition coefficient (Wildman–Crippen LogP) is 2.84. The van der Waals surface area contributed by atoms with Crippen molar-refractivity contribution in [2.45, 2.75) is 6.18 Å². The molecule has 0 radical (unpaired) electrons. The number of alkyl halides is 3. The third kappa shape index (κ3) is 1.99. The minimum absolute atomic E-state index is 0.105. The molecule has 18 heavy (non-hydrogen) atoms. The Morgan fingerprint density at radius 3 is 2.22 bits per heavy atom. The Bertz CT molecular complexity index is 575. The van der Waals surface area contributed by atoms with E-state index in [1.54, 1.807) is 6.07 Å². The van der Waals surface area contributed by atoms with E-state index in [1.165, 1.54) is 24.3 Å². The van der Waals surface area contributed by atoms with Crippen molar-refractivity contribution >= 4 is 6.29 Å². The summed E-state index contributed by atoms with van der Waals surface area (Å²) in [6.07, 6.45) is -5.07. The van der Waals surface area contributed by atoms with Crippen LogP contribution in [0.4, 0.5) is 17.6 Å². The second-order valence-electron chi connectivity index (χ2n) is 3.42. The monoisotopic (exact) mass is 258 g/mol. The second kappa shape index (κ2) is 4.25. The summed E-state index contributed by atoms with van der Waals surface area (Å²) in [5.74, 6) is -1.33. The number of aromatic nitrogens is 2. The van der Waals surface area contributed by atoms with Gasteiger partial charge in [-0.3, -0.25) is 4.79 Å². The molecule has 0 unspecified atom stereocenters. The van der Waals surface area contributed by atoms with Crippen LogP contribution < -0.4 is 0 Å². The standard InChI is InChI=1S/C11H6F4N2O/c12-10-8(6-18)9(11(13,14)15)16-17(10)7-4-2-1-3-5-7/h1-6H. The molecule has 0 amide bonds. The lowest BCUT2D eigenvalue weighted by atomic mass is 10.2. The maximum Gasteiger partial charge on any atom is 0.436 e. The molecule has 1 aromatic carbocycles. The molecule has 2 aromatic rings. The molecule has 0 saturated carbocycles. The summed E-state index contributed by atoms with van der Waals surface area (Å²) < 4.78 is 51.8. The van der Waals surface area contributed by atoms with Gasteiger partial charge in [-0.1, -0.05) is 18.2 Å². The Balaban J connectivity index is 2.65. The number of halogens is 4. The second-order valence-corrected chi connectivity index (χ2v) is 3.42. The maximum absolute atomic E-state index is 13.7. The van der Waals surface area contributed by atoms with E-state index in [9.17, 15) is 22.4 Å². The van der Waals surface area contributed by atoms with Gasteiger partial charge in [0.2, 0.25) is 5.95 Å². The van der Waals surface area contributed by atoms with E-state index in [0.29, 0.717) is 4.68 Å². The Kier molecular flexibility index (Phi) is 2.90. The number of hydrogen-bond donors (Lipinski definition) is 0. The average molecular weight is 258 g/mol.